The number of hydrogen-bond acceptors (Lipinski definition) is 4. The van der Waals surface area contributed by atoms with E-state index in [9.17, 15) is 9.59 Å². The van der Waals surface area contributed by atoms with Crippen molar-refractivity contribution in [2.24, 2.45) is 0 Å². The fraction of sp³-hybridized carbons (Fsp3) is 0.500. The molecule has 0 unspecified atom stereocenters. The summed E-state index contributed by atoms with van der Waals surface area (Å²) in [6.45, 7) is 6.43. The van der Waals surface area contributed by atoms with E-state index in [0.717, 1.165) is 6.42 Å². The number of esters is 1. The molecule has 0 fully saturated rings. The smallest absolute Gasteiger partial charge is 0.338 e. The molecule has 0 radical (unpaired) electrons. The van der Waals surface area contributed by atoms with E-state index in [1.807, 2.05) is 20.8 Å². The standard InChI is InChI=1S/C16H23NO4/c1-6-7-17(4)15(18)12-8-13(16(19)20-5)10-14(9-12)21-11(2)3/h8-11H,6-7H2,1-5H3. The number of carbonyl (C=O) groups excluding carboxylic acids is 2. The molecule has 1 aromatic rings. The zero-order chi connectivity index (χ0) is 16.0. The van der Waals surface area contributed by atoms with Gasteiger partial charge in [-0.2, -0.15) is 0 Å². The summed E-state index contributed by atoms with van der Waals surface area (Å²) in [6.07, 6.45) is 0.822. The summed E-state index contributed by atoms with van der Waals surface area (Å²) >= 11 is 0. The van der Waals surface area contributed by atoms with Crippen LogP contribution >= 0.6 is 0 Å². The van der Waals surface area contributed by atoms with Crippen molar-refractivity contribution in [3.05, 3.63) is 29.3 Å². The van der Waals surface area contributed by atoms with Crippen molar-refractivity contribution in [3.63, 3.8) is 0 Å². The first-order chi connectivity index (χ1) is 9.88. The predicted molar refractivity (Wildman–Crippen MR) is 80.8 cm³/mol. The number of nitrogens with zero attached hydrogens (tertiary/aromatic N) is 1. The summed E-state index contributed by atoms with van der Waals surface area (Å²) in [7, 11) is 3.04. The van der Waals surface area contributed by atoms with Crippen LogP contribution in [0.2, 0.25) is 0 Å². The van der Waals surface area contributed by atoms with E-state index >= 15 is 0 Å². The Morgan fingerprint density at radius 1 is 1.19 bits per heavy atom. The quantitative estimate of drug-likeness (QED) is 0.757. The summed E-state index contributed by atoms with van der Waals surface area (Å²) in [6, 6.07) is 4.77. The zero-order valence-corrected chi connectivity index (χ0v) is 13.3. The van der Waals surface area contributed by atoms with Crippen molar-refractivity contribution in [2.75, 3.05) is 20.7 Å². The number of rotatable bonds is 6. The third kappa shape index (κ3) is 4.77. The highest BCUT2D eigenvalue weighted by Crippen LogP contribution is 2.20. The number of methoxy groups -OCH3 is 1. The van der Waals surface area contributed by atoms with Crippen LogP contribution in [0.4, 0.5) is 0 Å². The molecule has 0 saturated carbocycles. The Labute approximate surface area is 125 Å². The molecule has 0 spiro atoms. The van der Waals surface area contributed by atoms with Gasteiger partial charge in [-0.05, 0) is 38.5 Å². The van der Waals surface area contributed by atoms with Crippen LogP contribution in [-0.4, -0.2) is 43.6 Å². The van der Waals surface area contributed by atoms with Crippen LogP contribution in [0.3, 0.4) is 0 Å². The van der Waals surface area contributed by atoms with Crippen LogP contribution in [-0.2, 0) is 4.74 Å². The van der Waals surface area contributed by atoms with Gasteiger partial charge >= 0.3 is 5.97 Å². The SMILES string of the molecule is CCCN(C)C(=O)c1cc(OC(C)C)cc(C(=O)OC)c1. The fourth-order valence-electron chi connectivity index (χ4n) is 1.96. The van der Waals surface area contributed by atoms with Crippen LogP contribution in [0, 0.1) is 0 Å². The Morgan fingerprint density at radius 3 is 2.33 bits per heavy atom. The van der Waals surface area contributed by atoms with Gasteiger partial charge in [0.05, 0.1) is 18.8 Å². The van der Waals surface area contributed by atoms with Crippen molar-refractivity contribution in [2.45, 2.75) is 33.3 Å². The molecule has 0 heterocycles. The summed E-state index contributed by atoms with van der Waals surface area (Å²) in [5, 5.41) is 0. The minimum absolute atomic E-state index is 0.0470. The molecule has 0 aliphatic rings. The molecule has 1 aromatic carbocycles. The van der Waals surface area contributed by atoms with Crippen LogP contribution in [0.25, 0.3) is 0 Å². The first-order valence-electron chi connectivity index (χ1n) is 7.04. The normalized spacial score (nSPS) is 10.4. The van der Waals surface area contributed by atoms with Crippen molar-refractivity contribution in [3.8, 4) is 5.75 Å². The maximum atomic E-state index is 12.4. The van der Waals surface area contributed by atoms with Crippen LogP contribution in [0.15, 0.2) is 18.2 Å². The molecular formula is C16H23NO4. The van der Waals surface area contributed by atoms with E-state index in [1.54, 1.807) is 24.1 Å². The van der Waals surface area contributed by atoms with Gasteiger partial charge in [0.25, 0.3) is 5.91 Å². The average Bonchev–Trinajstić information content (AvgIpc) is 2.44. The molecule has 116 valence electrons. The molecule has 0 atom stereocenters. The van der Waals surface area contributed by atoms with Gasteiger partial charge in [-0.25, -0.2) is 4.79 Å². The number of hydrogen-bond donors (Lipinski definition) is 0. The van der Waals surface area contributed by atoms with Crippen LogP contribution in [0.5, 0.6) is 5.75 Å². The van der Waals surface area contributed by atoms with Gasteiger partial charge in [-0.15, -0.1) is 0 Å². The minimum Gasteiger partial charge on any atom is -0.491 e. The number of benzene rings is 1. The lowest BCUT2D eigenvalue weighted by Gasteiger charge is -2.18. The molecule has 0 N–H and O–H groups in total. The second-order valence-electron chi connectivity index (χ2n) is 5.13. The molecule has 0 aromatic heterocycles. The lowest BCUT2D eigenvalue weighted by molar-refractivity contribution is 0.0600. The van der Waals surface area contributed by atoms with E-state index < -0.39 is 5.97 Å². The zero-order valence-electron chi connectivity index (χ0n) is 13.3. The Hall–Kier alpha value is -2.04. The Kier molecular flexibility index (Phi) is 6.21. The molecule has 1 rings (SSSR count). The Bertz CT molecular complexity index is 511. The molecule has 0 aliphatic heterocycles. The van der Waals surface area contributed by atoms with E-state index in [4.69, 9.17) is 9.47 Å². The van der Waals surface area contributed by atoms with Gasteiger partial charge in [0, 0.05) is 19.2 Å². The third-order valence-electron chi connectivity index (χ3n) is 2.85. The number of amides is 1. The highest BCUT2D eigenvalue weighted by Gasteiger charge is 2.17. The average molecular weight is 293 g/mol. The molecule has 1 amide bonds. The molecule has 0 saturated heterocycles. The molecule has 5 nitrogen and oxygen atoms in total. The topological polar surface area (TPSA) is 55.8 Å². The number of carbonyl (C=O) groups is 2. The van der Waals surface area contributed by atoms with Crippen molar-refractivity contribution >= 4 is 11.9 Å². The van der Waals surface area contributed by atoms with E-state index in [0.29, 0.717) is 23.4 Å². The second kappa shape index (κ2) is 7.67. The van der Waals surface area contributed by atoms with Crippen molar-refractivity contribution in [1.82, 2.24) is 4.90 Å². The van der Waals surface area contributed by atoms with Gasteiger partial charge in [-0.1, -0.05) is 6.92 Å². The Morgan fingerprint density at radius 2 is 1.81 bits per heavy atom. The first-order valence-corrected chi connectivity index (χ1v) is 7.04. The molecule has 21 heavy (non-hydrogen) atoms. The first kappa shape index (κ1) is 17.0. The number of ether oxygens (including phenoxy) is 2. The Balaban J connectivity index is 3.17. The van der Waals surface area contributed by atoms with E-state index in [2.05, 4.69) is 0 Å². The minimum atomic E-state index is -0.489. The summed E-state index contributed by atoms with van der Waals surface area (Å²) in [4.78, 5) is 25.7. The van der Waals surface area contributed by atoms with Gasteiger partial charge in [0.1, 0.15) is 5.75 Å². The summed E-state index contributed by atoms with van der Waals surface area (Å²) in [5.74, 6) is -0.145. The van der Waals surface area contributed by atoms with E-state index in [-0.39, 0.29) is 12.0 Å². The van der Waals surface area contributed by atoms with Crippen molar-refractivity contribution in [1.29, 1.82) is 0 Å². The van der Waals surface area contributed by atoms with Gasteiger partial charge < -0.3 is 14.4 Å². The molecule has 5 heteroatoms. The van der Waals surface area contributed by atoms with Crippen LogP contribution < -0.4 is 4.74 Å². The maximum Gasteiger partial charge on any atom is 0.338 e. The largest absolute Gasteiger partial charge is 0.491 e. The van der Waals surface area contributed by atoms with Gasteiger partial charge in [0.2, 0.25) is 0 Å². The van der Waals surface area contributed by atoms with Crippen molar-refractivity contribution < 1.29 is 19.1 Å². The highest BCUT2D eigenvalue weighted by atomic mass is 16.5. The fourth-order valence-corrected chi connectivity index (χ4v) is 1.96. The van der Waals surface area contributed by atoms with Crippen LogP contribution in [0.1, 0.15) is 47.9 Å². The molecule has 0 bridgehead atoms. The highest BCUT2D eigenvalue weighted by molar-refractivity contribution is 5.98. The van der Waals surface area contributed by atoms with Gasteiger partial charge in [-0.3, -0.25) is 4.79 Å². The monoisotopic (exact) mass is 293 g/mol. The lowest BCUT2D eigenvalue weighted by atomic mass is 10.1. The third-order valence-corrected chi connectivity index (χ3v) is 2.85. The molecule has 0 aliphatic carbocycles. The second-order valence-corrected chi connectivity index (χ2v) is 5.13. The summed E-state index contributed by atoms with van der Waals surface area (Å²) in [5.41, 5.74) is 0.730. The van der Waals surface area contributed by atoms with Gasteiger partial charge in [0.15, 0.2) is 0 Å². The molecular weight excluding hydrogens is 270 g/mol. The summed E-state index contributed by atoms with van der Waals surface area (Å²) < 4.78 is 10.3. The lowest BCUT2D eigenvalue weighted by Crippen LogP contribution is -2.27. The van der Waals surface area contributed by atoms with E-state index in [1.165, 1.54) is 13.2 Å². The maximum absolute atomic E-state index is 12.4. The predicted octanol–water partition coefficient (Wildman–Crippen LogP) is 2.74.